The molecule has 6 nitrogen and oxygen atoms in total. The molecule has 2 atom stereocenters. The molecule has 7 heteroatoms. The van der Waals surface area contributed by atoms with Crippen LogP contribution in [-0.2, 0) is 11.8 Å². The Balaban J connectivity index is 1.87. The molecule has 1 aliphatic heterocycles. The second-order valence-corrected chi connectivity index (χ2v) is 6.07. The zero-order chi connectivity index (χ0) is 17.4. The van der Waals surface area contributed by atoms with Crippen LogP contribution in [0.2, 0.25) is 0 Å². The number of nitrogens with zero attached hydrogens (tertiary/aromatic N) is 3. The fourth-order valence-corrected chi connectivity index (χ4v) is 3.16. The van der Waals surface area contributed by atoms with Gasteiger partial charge in [-0.3, -0.25) is 14.3 Å². The minimum Gasteiger partial charge on any atom is -0.346 e. The number of benzene rings is 1. The van der Waals surface area contributed by atoms with Gasteiger partial charge in [-0.2, -0.15) is 5.10 Å². The van der Waals surface area contributed by atoms with Crippen LogP contribution in [-0.4, -0.2) is 39.6 Å². The van der Waals surface area contributed by atoms with E-state index in [1.165, 1.54) is 12.1 Å². The summed E-state index contributed by atoms with van der Waals surface area (Å²) in [6, 6.07) is 5.22. The second-order valence-electron chi connectivity index (χ2n) is 6.07. The van der Waals surface area contributed by atoms with Gasteiger partial charge in [0.2, 0.25) is 5.91 Å². The van der Waals surface area contributed by atoms with E-state index < -0.39 is 11.9 Å². The first-order valence-corrected chi connectivity index (χ1v) is 7.69. The molecule has 1 aromatic carbocycles. The number of rotatable bonds is 3. The molecule has 1 aromatic heterocycles. The number of amides is 2. The van der Waals surface area contributed by atoms with Crippen LogP contribution in [0.1, 0.15) is 34.1 Å². The van der Waals surface area contributed by atoms with Gasteiger partial charge >= 0.3 is 0 Å². The number of halogens is 1. The summed E-state index contributed by atoms with van der Waals surface area (Å²) >= 11 is 0. The molecular weight excluding hydrogens is 311 g/mol. The van der Waals surface area contributed by atoms with Crippen molar-refractivity contribution in [2.75, 3.05) is 7.05 Å². The van der Waals surface area contributed by atoms with E-state index in [4.69, 9.17) is 0 Å². The number of aromatic nitrogens is 2. The maximum absolute atomic E-state index is 13.4. The van der Waals surface area contributed by atoms with Crippen LogP contribution in [0.25, 0.3) is 0 Å². The van der Waals surface area contributed by atoms with E-state index in [9.17, 15) is 14.0 Å². The highest BCUT2D eigenvalue weighted by Crippen LogP contribution is 2.31. The Hall–Kier alpha value is -2.70. The summed E-state index contributed by atoms with van der Waals surface area (Å²) in [5.41, 5.74) is 1.80. The highest BCUT2D eigenvalue weighted by atomic mass is 19.1. The van der Waals surface area contributed by atoms with E-state index in [2.05, 4.69) is 10.4 Å². The predicted octanol–water partition coefficient (Wildman–Crippen LogP) is 1.57. The van der Waals surface area contributed by atoms with Gasteiger partial charge in [0.05, 0.1) is 17.8 Å². The molecule has 0 saturated carbocycles. The first-order chi connectivity index (χ1) is 11.4. The van der Waals surface area contributed by atoms with Crippen molar-refractivity contribution in [3.05, 3.63) is 53.1 Å². The van der Waals surface area contributed by atoms with Crippen LogP contribution >= 0.6 is 0 Å². The third-order valence-corrected chi connectivity index (χ3v) is 4.51. The van der Waals surface area contributed by atoms with Crippen LogP contribution in [0.15, 0.2) is 30.5 Å². The predicted molar refractivity (Wildman–Crippen MR) is 85.7 cm³/mol. The number of hydrogen-bond donors (Lipinski definition) is 1. The molecule has 1 fully saturated rings. The van der Waals surface area contributed by atoms with Crippen molar-refractivity contribution in [1.82, 2.24) is 20.0 Å². The molecule has 0 radical (unpaired) electrons. The number of carbonyl (C=O) groups is 2. The largest absolute Gasteiger partial charge is 0.346 e. The average molecular weight is 330 g/mol. The fraction of sp³-hybridized carbons (Fsp3) is 0.353. The number of likely N-dealkylation sites (tertiary alicyclic amines) is 1. The summed E-state index contributed by atoms with van der Waals surface area (Å²) in [6.45, 7) is 1.75. The van der Waals surface area contributed by atoms with Gasteiger partial charge in [-0.1, -0.05) is 6.07 Å². The second kappa shape index (κ2) is 6.07. The van der Waals surface area contributed by atoms with Gasteiger partial charge in [0, 0.05) is 32.3 Å². The summed E-state index contributed by atoms with van der Waals surface area (Å²) < 4.78 is 15.1. The molecule has 0 bridgehead atoms. The number of nitrogens with one attached hydrogen (secondary N) is 1. The SMILES string of the molecule is Cc1ccc(F)cc1C(=O)N[C@@H]1CC(=O)N(C)[C@H]1c1ccnn1C. The summed E-state index contributed by atoms with van der Waals surface area (Å²) in [5.74, 6) is -0.900. The van der Waals surface area contributed by atoms with Crippen molar-refractivity contribution >= 4 is 11.8 Å². The lowest BCUT2D eigenvalue weighted by molar-refractivity contribution is -0.127. The van der Waals surface area contributed by atoms with Crippen molar-refractivity contribution in [2.24, 2.45) is 7.05 Å². The van der Waals surface area contributed by atoms with Gasteiger partial charge < -0.3 is 10.2 Å². The topological polar surface area (TPSA) is 67.2 Å². The van der Waals surface area contributed by atoms with Gasteiger partial charge in [-0.15, -0.1) is 0 Å². The number of aryl methyl sites for hydroxylation is 2. The van der Waals surface area contributed by atoms with Crippen molar-refractivity contribution in [2.45, 2.75) is 25.4 Å². The van der Waals surface area contributed by atoms with E-state index in [0.717, 1.165) is 5.69 Å². The molecule has 1 N–H and O–H groups in total. The van der Waals surface area contributed by atoms with Crippen LogP contribution in [0.3, 0.4) is 0 Å². The van der Waals surface area contributed by atoms with Crippen LogP contribution < -0.4 is 5.32 Å². The lowest BCUT2D eigenvalue weighted by Crippen LogP contribution is -2.40. The molecule has 0 unspecified atom stereocenters. The molecule has 2 heterocycles. The normalized spacial score (nSPS) is 20.5. The molecule has 1 saturated heterocycles. The van der Waals surface area contributed by atoms with Gasteiger partial charge in [0.15, 0.2) is 0 Å². The molecule has 24 heavy (non-hydrogen) atoms. The average Bonchev–Trinajstić information content (AvgIpc) is 3.06. The lowest BCUT2D eigenvalue weighted by atomic mass is 10.0. The van der Waals surface area contributed by atoms with Gasteiger partial charge in [-0.25, -0.2) is 4.39 Å². The van der Waals surface area contributed by atoms with Crippen molar-refractivity contribution in [1.29, 1.82) is 0 Å². The van der Waals surface area contributed by atoms with Gasteiger partial charge in [0.1, 0.15) is 5.82 Å². The smallest absolute Gasteiger partial charge is 0.251 e. The zero-order valence-electron chi connectivity index (χ0n) is 13.8. The number of carbonyl (C=O) groups excluding carboxylic acids is 2. The van der Waals surface area contributed by atoms with Crippen molar-refractivity contribution in [3.63, 3.8) is 0 Å². The van der Waals surface area contributed by atoms with E-state index >= 15 is 0 Å². The Kier molecular flexibility index (Phi) is 4.09. The van der Waals surface area contributed by atoms with Gasteiger partial charge in [0.25, 0.3) is 5.91 Å². The van der Waals surface area contributed by atoms with E-state index in [1.807, 2.05) is 6.07 Å². The highest BCUT2D eigenvalue weighted by molar-refractivity contribution is 5.96. The maximum atomic E-state index is 13.4. The standard InChI is InChI=1S/C17H19FN4O2/c1-10-4-5-11(18)8-12(10)17(24)20-13-9-15(23)21(2)16(13)14-6-7-19-22(14)3/h4-8,13,16H,9H2,1-3H3,(H,20,24)/t13-,16-/m1/s1. The highest BCUT2D eigenvalue weighted by Gasteiger charge is 2.40. The quantitative estimate of drug-likeness (QED) is 0.929. The number of hydrogen-bond acceptors (Lipinski definition) is 3. The maximum Gasteiger partial charge on any atom is 0.251 e. The van der Waals surface area contributed by atoms with Crippen LogP contribution in [0.5, 0.6) is 0 Å². The Labute approximate surface area is 139 Å². The fourth-order valence-electron chi connectivity index (χ4n) is 3.16. The Morgan fingerprint density at radius 2 is 2.08 bits per heavy atom. The molecule has 2 aromatic rings. The van der Waals surface area contributed by atoms with Crippen LogP contribution in [0.4, 0.5) is 4.39 Å². The van der Waals surface area contributed by atoms with E-state index in [1.54, 1.807) is 42.9 Å². The third-order valence-electron chi connectivity index (χ3n) is 4.51. The summed E-state index contributed by atoms with van der Waals surface area (Å²) in [6.07, 6.45) is 1.86. The molecular formula is C17H19FN4O2. The Bertz CT molecular complexity index is 802. The molecule has 1 aliphatic rings. The molecule has 126 valence electrons. The molecule has 3 rings (SSSR count). The Morgan fingerprint density at radius 1 is 1.33 bits per heavy atom. The van der Waals surface area contributed by atoms with E-state index in [-0.39, 0.29) is 29.8 Å². The molecule has 0 aliphatic carbocycles. The summed E-state index contributed by atoms with van der Waals surface area (Å²) in [4.78, 5) is 26.3. The summed E-state index contributed by atoms with van der Waals surface area (Å²) in [7, 11) is 3.50. The van der Waals surface area contributed by atoms with Crippen molar-refractivity contribution in [3.8, 4) is 0 Å². The number of likely N-dealkylation sites (N-methyl/N-ethyl adjacent to an activating group) is 1. The molecule has 2 amide bonds. The zero-order valence-corrected chi connectivity index (χ0v) is 13.8. The first kappa shape index (κ1) is 16.2. The minimum absolute atomic E-state index is 0.0533. The monoisotopic (exact) mass is 330 g/mol. The van der Waals surface area contributed by atoms with Crippen LogP contribution in [0, 0.1) is 12.7 Å². The first-order valence-electron chi connectivity index (χ1n) is 7.69. The van der Waals surface area contributed by atoms with E-state index in [0.29, 0.717) is 5.56 Å². The minimum atomic E-state index is -0.464. The Morgan fingerprint density at radius 3 is 2.75 bits per heavy atom. The molecule has 0 spiro atoms. The lowest BCUT2D eigenvalue weighted by Gasteiger charge is -2.25. The van der Waals surface area contributed by atoms with Gasteiger partial charge in [-0.05, 0) is 30.7 Å². The summed E-state index contributed by atoms with van der Waals surface area (Å²) in [5, 5.41) is 7.01. The van der Waals surface area contributed by atoms with Crippen molar-refractivity contribution < 1.29 is 14.0 Å². The third kappa shape index (κ3) is 2.77.